The van der Waals surface area contributed by atoms with E-state index in [0.29, 0.717) is 37.4 Å². The van der Waals surface area contributed by atoms with Gasteiger partial charge >= 0.3 is 0 Å². The van der Waals surface area contributed by atoms with Crippen LogP contribution in [0, 0.1) is 0 Å². The van der Waals surface area contributed by atoms with E-state index in [2.05, 4.69) is 15.1 Å². The van der Waals surface area contributed by atoms with Crippen LogP contribution in [0.2, 0.25) is 0 Å². The molecule has 8 heteroatoms. The number of morpholine rings is 1. The Morgan fingerprint density at radius 2 is 2.00 bits per heavy atom. The molecule has 2 N–H and O–H groups in total. The molecule has 0 saturated carbocycles. The number of hydrogen-bond donors (Lipinski definition) is 1. The summed E-state index contributed by atoms with van der Waals surface area (Å²) in [5.41, 5.74) is 5.77. The second kappa shape index (κ2) is 7.21. The third-order valence-corrected chi connectivity index (χ3v) is 2.83. The molecule has 0 atom stereocenters. The van der Waals surface area contributed by atoms with E-state index in [-0.39, 0.29) is 29.4 Å². The fourth-order valence-corrected chi connectivity index (χ4v) is 1.67. The Balaban J connectivity index is 0.00000200. The SMILES string of the molecule is CC(C)(C)c1nc(CN=C(N)N2CCOCC2)no1.I. The minimum absolute atomic E-state index is 0. The van der Waals surface area contributed by atoms with Gasteiger partial charge in [-0.2, -0.15) is 4.98 Å². The first-order chi connectivity index (χ1) is 8.97. The fourth-order valence-electron chi connectivity index (χ4n) is 1.67. The Morgan fingerprint density at radius 1 is 1.35 bits per heavy atom. The quantitative estimate of drug-likeness (QED) is 0.459. The van der Waals surface area contributed by atoms with Crippen LogP contribution >= 0.6 is 24.0 Å². The van der Waals surface area contributed by atoms with E-state index in [1.807, 2.05) is 25.7 Å². The second-order valence-corrected chi connectivity index (χ2v) is 5.54. The summed E-state index contributed by atoms with van der Waals surface area (Å²) < 4.78 is 10.5. The zero-order valence-corrected chi connectivity index (χ0v) is 14.5. The average Bonchev–Trinajstić information content (AvgIpc) is 2.86. The first-order valence-electron chi connectivity index (χ1n) is 6.42. The molecule has 114 valence electrons. The van der Waals surface area contributed by atoms with Gasteiger partial charge in [0.1, 0.15) is 6.54 Å². The molecule has 0 radical (unpaired) electrons. The van der Waals surface area contributed by atoms with Crippen LogP contribution in [0.5, 0.6) is 0 Å². The molecule has 7 nitrogen and oxygen atoms in total. The zero-order valence-electron chi connectivity index (χ0n) is 12.1. The van der Waals surface area contributed by atoms with Gasteiger partial charge < -0.3 is 19.9 Å². The number of nitrogens with zero attached hydrogens (tertiary/aromatic N) is 4. The van der Waals surface area contributed by atoms with Gasteiger partial charge in [0.2, 0.25) is 5.89 Å². The van der Waals surface area contributed by atoms with Crippen LogP contribution in [0.4, 0.5) is 0 Å². The van der Waals surface area contributed by atoms with Gasteiger partial charge in [0.25, 0.3) is 0 Å². The molecule has 1 fully saturated rings. The van der Waals surface area contributed by atoms with E-state index in [0.717, 1.165) is 13.1 Å². The Labute approximate surface area is 136 Å². The van der Waals surface area contributed by atoms with Crippen LogP contribution in [0.25, 0.3) is 0 Å². The van der Waals surface area contributed by atoms with E-state index in [4.69, 9.17) is 15.0 Å². The molecule has 0 aliphatic carbocycles. The molecule has 2 rings (SSSR count). The highest BCUT2D eigenvalue weighted by Gasteiger charge is 2.21. The molecule has 1 aromatic heterocycles. The van der Waals surface area contributed by atoms with Crippen molar-refractivity contribution in [3.05, 3.63) is 11.7 Å². The van der Waals surface area contributed by atoms with Gasteiger partial charge in [-0.15, -0.1) is 24.0 Å². The third-order valence-electron chi connectivity index (χ3n) is 2.83. The van der Waals surface area contributed by atoms with Crippen molar-refractivity contribution in [1.29, 1.82) is 0 Å². The fraction of sp³-hybridized carbons (Fsp3) is 0.750. The summed E-state index contributed by atoms with van der Waals surface area (Å²) in [5, 5.41) is 3.91. The lowest BCUT2D eigenvalue weighted by Crippen LogP contribution is -2.44. The number of halogens is 1. The lowest BCUT2D eigenvalue weighted by atomic mass is 9.97. The molecule has 2 heterocycles. The molecule has 1 saturated heterocycles. The monoisotopic (exact) mass is 395 g/mol. The van der Waals surface area contributed by atoms with Crippen LogP contribution in [-0.2, 0) is 16.7 Å². The van der Waals surface area contributed by atoms with E-state index in [1.165, 1.54) is 0 Å². The van der Waals surface area contributed by atoms with Gasteiger partial charge in [-0.25, -0.2) is 4.99 Å². The first-order valence-corrected chi connectivity index (χ1v) is 6.42. The topological polar surface area (TPSA) is 89.8 Å². The summed E-state index contributed by atoms with van der Waals surface area (Å²) in [6, 6.07) is 0. The largest absolute Gasteiger partial charge is 0.378 e. The lowest BCUT2D eigenvalue weighted by Gasteiger charge is -2.27. The molecular weight excluding hydrogens is 373 g/mol. The van der Waals surface area contributed by atoms with Crippen molar-refractivity contribution in [2.24, 2.45) is 10.7 Å². The van der Waals surface area contributed by atoms with E-state index in [9.17, 15) is 0 Å². The van der Waals surface area contributed by atoms with Gasteiger partial charge in [-0.05, 0) is 0 Å². The summed E-state index contributed by atoms with van der Waals surface area (Å²) in [6.45, 7) is 9.33. The maximum atomic E-state index is 5.92. The van der Waals surface area contributed by atoms with E-state index >= 15 is 0 Å². The van der Waals surface area contributed by atoms with Crippen LogP contribution in [0.3, 0.4) is 0 Å². The van der Waals surface area contributed by atoms with Crippen LogP contribution in [0.1, 0.15) is 32.5 Å². The lowest BCUT2D eigenvalue weighted by molar-refractivity contribution is 0.0674. The predicted molar refractivity (Wildman–Crippen MR) is 86.1 cm³/mol. The highest BCUT2D eigenvalue weighted by molar-refractivity contribution is 14.0. The summed E-state index contributed by atoms with van der Waals surface area (Å²) in [5.74, 6) is 1.68. The molecule has 1 aliphatic heterocycles. The van der Waals surface area contributed by atoms with Gasteiger partial charge in [-0.1, -0.05) is 25.9 Å². The molecule has 0 bridgehead atoms. The predicted octanol–water partition coefficient (Wildman–Crippen LogP) is 1.13. The Morgan fingerprint density at radius 3 is 2.55 bits per heavy atom. The Bertz CT molecular complexity index is 449. The molecule has 1 aromatic rings. The highest BCUT2D eigenvalue weighted by atomic mass is 127. The number of guanidine groups is 1. The van der Waals surface area contributed by atoms with Crippen molar-refractivity contribution in [3.8, 4) is 0 Å². The number of rotatable bonds is 2. The number of ether oxygens (including phenoxy) is 1. The summed E-state index contributed by atoms with van der Waals surface area (Å²) in [6.07, 6.45) is 0. The van der Waals surface area contributed by atoms with E-state index < -0.39 is 0 Å². The van der Waals surface area contributed by atoms with Gasteiger partial charge in [0, 0.05) is 18.5 Å². The van der Waals surface area contributed by atoms with Crippen molar-refractivity contribution in [2.75, 3.05) is 26.3 Å². The average molecular weight is 395 g/mol. The van der Waals surface area contributed by atoms with Gasteiger partial charge in [0.05, 0.1) is 13.2 Å². The van der Waals surface area contributed by atoms with Crippen molar-refractivity contribution >= 4 is 29.9 Å². The Kier molecular flexibility index (Phi) is 6.18. The summed E-state index contributed by atoms with van der Waals surface area (Å²) in [4.78, 5) is 10.6. The summed E-state index contributed by atoms with van der Waals surface area (Å²) in [7, 11) is 0. The third kappa shape index (κ3) is 4.58. The number of aromatic nitrogens is 2. The van der Waals surface area contributed by atoms with Crippen LogP contribution in [-0.4, -0.2) is 47.3 Å². The second-order valence-electron chi connectivity index (χ2n) is 5.54. The van der Waals surface area contributed by atoms with Crippen molar-refractivity contribution in [1.82, 2.24) is 15.0 Å². The molecule has 20 heavy (non-hydrogen) atoms. The molecule has 0 amide bonds. The smallest absolute Gasteiger partial charge is 0.232 e. The number of hydrogen-bond acceptors (Lipinski definition) is 5. The minimum Gasteiger partial charge on any atom is -0.378 e. The molecule has 0 spiro atoms. The standard InChI is InChI=1S/C12H21N5O2.HI/c1-12(2,3)10-15-9(16-19-10)8-14-11(13)17-4-6-18-7-5-17;/h4-8H2,1-3H3,(H2,13,14);1H. The van der Waals surface area contributed by atoms with Crippen molar-refractivity contribution < 1.29 is 9.26 Å². The van der Waals surface area contributed by atoms with Crippen molar-refractivity contribution in [3.63, 3.8) is 0 Å². The van der Waals surface area contributed by atoms with Gasteiger partial charge in [0.15, 0.2) is 11.8 Å². The zero-order chi connectivity index (χ0) is 13.9. The number of nitrogens with two attached hydrogens (primary N) is 1. The van der Waals surface area contributed by atoms with Gasteiger partial charge in [-0.3, -0.25) is 0 Å². The minimum atomic E-state index is -0.148. The highest BCUT2D eigenvalue weighted by Crippen LogP contribution is 2.19. The normalized spacial score (nSPS) is 16.9. The van der Waals surface area contributed by atoms with Crippen LogP contribution < -0.4 is 5.73 Å². The molecule has 0 aromatic carbocycles. The first kappa shape index (κ1) is 17.2. The molecular formula is C12H22IN5O2. The number of aliphatic imine (C=N–C) groups is 1. The van der Waals surface area contributed by atoms with Crippen LogP contribution in [0.15, 0.2) is 9.52 Å². The van der Waals surface area contributed by atoms with E-state index in [1.54, 1.807) is 0 Å². The summed E-state index contributed by atoms with van der Waals surface area (Å²) >= 11 is 0. The molecule has 0 unspecified atom stereocenters. The maximum Gasteiger partial charge on any atom is 0.232 e. The Hall–Kier alpha value is -0.900. The molecule has 1 aliphatic rings. The van der Waals surface area contributed by atoms with Crippen molar-refractivity contribution in [2.45, 2.75) is 32.7 Å². The maximum absolute atomic E-state index is 5.92.